The van der Waals surface area contributed by atoms with Crippen molar-refractivity contribution < 1.29 is 14.0 Å². The number of carbonyl (C=O) groups excluding carboxylic acids is 2. The van der Waals surface area contributed by atoms with Crippen LogP contribution in [-0.4, -0.2) is 16.7 Å². The predicted octanol–water partition coefficient (Wildman–Crippen LogP) is 2.41. The topological polar surface area (TPSA) is 37.4 Å². The first-order valence-corrected chi connectivity index (χ1v) is 5.75. The number of ketones is 1. The molecule has 1 aromatic carbocycles. The summed E-state index contributed by atoms with van der Waals surface area (Å²) in [4.78, 5) is 25.1. The molecule has 1 aromatic rings. The van der Waals surface area contributed by atoms with E-state index in [1.54, 1.807) is 0 Å². The highest BCUT2D eigenvalue weighted by molar-refractivity contribution is 7.80. The molecule has 92 valence electrons. The molecule has 0 saturated heterocycles. The van der Waals surface area contributed by atoms with Gasteiger partial charge in [-0.1, -0.05) is 18.3 Å². The first-order chi connectivity index (χ1) is 8.50. The van der Waals surface area contributed by atoms with Crippen molar-refractivity contribution >= 4 is 34.6 Å². The third kappa shape index (κ3) is 2.22. The smallest absolute Gasteiger partial charge is 0.266 e. The van der Waals surface area contributed by atoms with Gasteiger partial charge >= 0.3 is 0 Å². The van der Waals surface area contributed by atoms with Crippen molar-refractivity contribution in [3.05, 3.63) is 41.7 Å². The minimum Gasteiger partial charge on any atom is -0.294 e. The average molecular weight is 263 g/mol. The molecule has 0 unspecified atom stereocenters. The van der Waals surface area contributed by atoms with Gasteiger partial charge in [-0.2, -0.15) is 0 Å². The zero-order chi connectivity index (χ0) is 13.3. The number of amides is 1. The van der Waals surface area contributed by atoms with Gasteiger partial charge in [0.15, 0.2) is 5.78 Å². The molecule has 5 heteroatoms. The Bertz CT molecular complexity index is 563. The number of anilines is 1. The van der Waals surface area contributed by atoms with Crippen LogP contribution < -0.4 is 4.90 Å². The molecular formula is C13H10FNO2S. The standard InChI is InChI=1S/C13H10FNO2S/c1-8(16)11-6-7-12(18)15(13(11)17)10-4-2-9(14)3-5-10/h2-6H,7H2,1H3. The van der Waals surface area contributed by atoms with Gasteiger partial charge in [-0.15, -0.1) is 0 Å². The van der Waals surface area contributed by atoms with Gasteiger partial charge in [-0.3, -0.25) is 14.5 Å². The maximum absolute atomic E-state index is 12.9. The Kier molecular flexibility index (Phi) is 3.34. The van der Waals surface area contributed by atoms with Crippen molar-refractivity contribution in [3.63, 3.8) is 0 Å². The van der Waals surface area contributed by atoms with Crippen molar-refractivity contribution in [1.29, 1.82) is 0 Å². The fraction of sp³-hybridized carbons (Fsp3) is 0.154. The molecule has 0 radical (unpaired) electrons. The van der Waals surface area contributed by atoms with Crippen LogP contribution in [0.4, 0.5) is 10.1 Å². The van der Waals surface area contributed by atoms with Crippen LogP contribution in [0.5, 0.6) is 0 Å². The summed E-state index contributed by atoms with van der Waals surface area (Å²) in [5.74, 6) is -1.14. The van der Waals surface area contributed by atoms with Gasteiger partial charge < -0.3 is 0 Å². The molecule has 1 heterocycles. The quantitative estimate of drug-likeness (QED) is 0.607. The number of carbonyl (C=O) groups is 2. The summed E-state index contributed by atoms with van der Waals surface area (Å²) >= 11 is 5.11. The fourth-order valence-corrected chi connectivity index (χ4v) is 2.02. The lowest BCUT2D eigenvalue weighted by Crippen LogP contribution is -2.40. The van der Waals surface area contributed by atoms with E-state index < -0.39 is 11.7 Å². The summed E-state index contributed by atoms with van der Waals surface area (Å²) in [5, 5.41) is 0. The lowest BCUT2D eigenvalue weighted by atomic mass is 10.0. The van der Waals surface area contributed by atoms with Gasteiger partial charge in [0, 0.05) is 12.1 Å². The van der Waals surface area contributed by atoms with Crippen LogP contribution in [-0.2, 0) is 9.59 Å². The highest BCUT2D eigenvalue weighted by Gasteiger charge is 2.29. The number of hydrogen-bond acceptors (Lipinski definition) is 3. The largest absolute Gasteiger partial charge is 0.294 e. The Morgan fingerprint density at radius 2 is 1.94 bits per heavy atom. The average Bonchev–Trinajstić information content (AvgIpc) is 2.31. The van der Waals surface area contributed by atoms with E-state index >= 15 is 0 Å². The Labute approximate surface area is 109 Å². The Morgan fingerprint density at radius 3 is 2.50 bits per heavy atom. The Morgan fingerprint density at radius 1 is 1.33 bits per heavy atom. The van der Waals surface area contributed by atoms with Gasteiger partial charge in [0.05, 0.1) is 10.6 Å². The molecule has 0 bridgehead atoms. The highest BCUT2D eigenvalue weighted by Crippen LogP contribution is 2.23. The second kappa shape index (κ2) is 4.78. The number of benzene rings is 1. The lowest BCUT2D eigenvalue weighted by molar-refractivity contribution is -0.119. The molecular weight excluding hydrogens is 253 g/mol. The van der Waals surface area contributed by atoms with E-state index in [2.05, 4.69) is 0 Å². The first kappa shape index (κ1) is 12.6. The van der Waals surface area contributed by atoms with Crippen LogP contribution in [0.25, 0.3) is 0 Å². The van der Waals surface area contributed by atoms with E-state index in [1.165, 1.54) is 42.2 Å². The van der Waals surface area contributed by atoms with Crippen LogP contribution in [0.1, 0.15) is 13.3 Å². The maximum atomic E-state index is 12.9. The van der Waals surface area contributed by atoms with Gasteiger partial charge in [0.1, 0.15) is 5.82 Å². The molecule has 1 aliphatic rings. The molecule has 2 rings (SSSR count). The fourth-order valence-electron chi connectivity index (χ4n) is 1.75. The zero-order valence-corrected chi connectivity index (χ0v) is 10.5. The first-order valence-electron chi connectivity index (χ1n) is 5.34. The summed E-state index contributed by atoms with van der Waals surface area (Å²) < 4.78 is 12.9. The summed E-state index contributed by atoms with van der Waals surface area (Å²) in [6.45, 7) is 1.33. The maximum Gasteiger partial charge on any atom is 0.266 e. The zero-order valence-electron chi connectivity index (χ0n) is 9.64. The summed E-state index contributed by atoms with van der Waals surface area (Å²) in [7, 11) is 0. The van der Waals surface area contributed by atoms with Gasteiger partial charge in [0.2, 0.25) is 0 Å². The highest BCUT2D eigenvalue weighted by atomic mass is 32.1. The number of thiocarbonyl (C=S) groups is 1. The summed E-state index contributed by atoms with van der Waals surface area (Å²) in [5.41, 5.74) is 0.589. The van der Waals surface area contributed by atoms with Crippen molar-refractivity contribution in [2.45, 2.75) is 13.3 Å². The number of rotatable bonds is 2. The number of nitrogens with zero attached hydrogens (tertiary/aromatic N) is 1. The van der Waals surface area contributed by atoms with Crippen molar-refractivity contribution in [1.82, 2.24) is 0 Å². The van der Waals surface area contributed by atoms with Crippen LogP contribution in [0.2, 0.25) is 0 Å². The Hall–Kier alpha value is -1.88. The number of halogens is 1. The minimum atomic E-state index is -0.453. The molecule has 0 fully saturated rings. The van der Waals surface area contributed by atoms with Gasteiger partial charge in [-0.25, -0.2) is 4.39 Å². The monoisotopic (exact) mass is 263 g/mol. The summed E-state index contributed by atoms with van der Waals surface area (Å²) in [6.07, 6.45) is 1.89. The molecule has 1 amide bonds. The van der Waals surface area contributed by atoms with Crippen molar-refractivity contribution in [2.24, 2.45) is 0 Å². The van der Waals surface area contributed by atoms with Crippen molar-refractivity contribution in [3.8, 4) is 0 Å². The molecule has 0 spiro atoms. The van der Waals surface area contributed by atoms with Crippen LogP contribution >= 0.6 is 12.2 Å². The third-order valence-electron chi connectivity index (χ3n) is 2.63. The molecule has 0 N–H and O–H groups in total. The van der Waals surface area contributed by atoms with Crippen molar-refractivity contribution in [2.75, 3.05) is 4.90 Å². The molecule has 1 aliphatic heterocycles. The van der Waals surface area contributed by atoms with E-state index in [9.17, 15) is 14.0 Å². The summed E-state index contributed by atoms with van der Waals surface area (Å²) in [6, 6.07) is 5.42. The minimum absolute atomic E-state index is 0.118. The van der Waals surface area contributed by atoms with E-state index in [0.717, 1.165) is 0 Å². The Balaban J connectivity index is 2.41. The SMILES string of the molecule is CC(=O)C1=CCC(=S)N(c2ccc(F)cc2)C1=O. The second-order valence-corrected chi connectivity index (χ2v) is 4.36. The molecule has 0 aliphatic carbocycles. The number of hydrogen-bond donors (Lipinski definition) is 0. The molecule has 18 heavy (non-hydrogen) atoms. The third-order valence-corrected chi connectivity index (χ3v) is 2.98. The van der Waals surface area contributed by atoms with Crippen LogP contribution in [0.3, 0.4) is 0 Å². The molecule has 0 atom stereocenters. The van der Waals surface area contributed by atoms with E-state index in [0.29, 0.717) is 17.1 Å². The normalized spacial score (nSPS) is 15.7. The van der Waals surface area contributed by atoms with E-state index in [1.807, 2.05) is 0 Å². The van der Waals surface area contributed by atoms with Gasteiger partial charge in [0.25, 0.3) is 5.91 Å². The molecule has 0 saturated carbocycles. The van der Waals surface area contributed by atoms with Crippen LogP contribution in [0.15, 0.2) is 35.9 Å². The van der Waals surface area contributed by atoms with E-state index in [4.69, 9.17) is 12.2 Å². The predicted molar refractivity (Wildman–Crippen MR) is 69.9 cm³/mol. The van der Waals surface area contributed by atoms with Gasteiger partial charge in [-0.05, 0) is 31.2 Å². The van der Waals surface area contributed by atoms with Crippen LogP contribution in [0, 0.1) is 5.82 Å². The second-order valence-electron chi connectivity index (χ2n) is 3.89. The lowest BCUT2D eigenvalue weighted by Gasteiger charge is -2.26. The van der Waals surface area contributed by atoms with E-state index in [-0.39, 0.29) is 11.4 Å². The number of Topliss-reactive ketones (excluding diaryl/α,β-unsaturated/α-hetero) is 1. The molecule has 3 nitrogen and oxygen atoms in total. The molecule has 0 aromatic heterocycles.